The van der Waals surface area contributed by atoms with E-state index in [1.165, 1.54) is 13.8 Å². The van der Waals surface area contributed by atoms with Crippen LogP contribution in [0.3, 0.4) is 0 Å². The SMILES string of the molecule is CCOC(=O)NCCCCC(NC(=O)OCC)C(=O)NC(CC(=O)NC(C)NC(=O)CCN1C(=O)C=CC1=O)CC(=O)NC(C)NC(=O)CCN1C(=O)C=CC1=O. The number of nitrogens with zero attached hydrogens (tertiary/aromatic N) is 2. The van der Waals surface area contributed by atoms with Gasteiger partial charge in [0.1, 0.15) is 6.04 Å². The van der Waals surface area contributed by atoms with E-state index < -0.39 is 103 Å². The second-order valence-electron chi connectivity index (χ2n) is 12.7. The van der Waals surface area contributed by atoms with Crippen LogP contribution in [0.25, 0.3) is 0 Å². The smallest absolute Gasteiger partial charge is 0.407 e. The lowest BCUT2D eigenvalue weighted by atomic mass is 10.1. The molecule has 2 aliphatic heterocycles. The summed E-state index contributed by atoms with van der Waals surface area (Å²) in [5.74, 6) is -5.59. The van der Waals surface area contributed by atoms with Crippen molar-refractivity contribution >= 4 is 65.4 Å². The molecule has 2 rings (SSSR count). The van der Waals surface area contributed by atoms with Crippen molar-refractivity contribution in [1.29, 1.82) is 0 Å². The van der Waals surface area contributed by atoms with Gasteiger partial charge in [-0.3, -0.25) is 53.0 Å². The lowest BCUT2D eigenvalue weighted by molar-refractivity contribution is -0.139. The average Bonchev–Trinajstić information content (AvgIpc) is 3.62. The Morgan fingerprint density at radius 2 is 1.00 bits per heavy atom. The molecule has 11 amide bonds. The molecule has 2 heterocycles. The van der Waals surface area contributed by atoms with Crippen LogP contribution >= 0.6 is 0 Å². The van der Waals surface area contributed by atoms with E-state index in [4.69, 9.17) is 9.47 Å². The van der Waals surface area contributed by atoms with Crippen molar-refractivity contribution in [2.24, 2.45) is 0 Å². The Balaban J connectivity index is 2.06. The van der Waals surface area contributed by atoms with E-state index in [9.17, 15) is 52.7 Å². The molecule has 0 aromatic carbocycles. The maximum atomic E-state index is 13.5. The minimum Gasteiger partial charge on any atom is -0.450 e. The first-order valence-electron chi connectivity index (χ1n) is 18.4. The van der Waals surface area contributed by atoms with Crippen LogP contribution in [-0.4, -0.2) is 132 Å². The minimum absolute atomic E-state index is 0.00741. The molecule has 7 N–H and O–H groups in total. The van der Waals surface area contributed by atoms with Crippen molar-refractivity contribution in [2.45, 2.75) is 97.1 Å². The van der Waals surface area contributed by atoms with Crippen molar-refractivity contribution in [3.05, 3.63) is 24.3 Å². The van der Waals surface area contributed by atoms with Gasteiger partial charge in [0.15, 0.2) is 0 Å². The highest BCUT2D eigenvalue weighted by Crippen LogP contribution is 2.08. The van der Waals surface area contributed by atoms with E-state index >= 15 is 0 Å². The normalized spacial score (nSPS) is 15.3. The van der Waals surface area contributed by atoms with Gasteiger partial charge in [-0.25, -0.2) is 9.59 Å². The van der Waals surface area contributed by atoms with Gasteiger partial charge in [-0.2, -0.15) is 0 Å². The molecule has 0 saturated carbocycles. The zero-order chi connectivity index (χ0) is 42.5. The molecule has 0 aromatic rings. The van der Waals surface area contributed by atoms with Crippen LogP contribution < -0.4 is 37.2 Å². The van der Waals surface area contributed by atoms with Crippen LogP contribution in [0.1, 0.15) is 72.6 Å². The standard InChI is InChI=1S/C35H51N9O13/c1-5-56-34(54)36-16-8-7-9-24(42-35(55)57-6-2)33(53)41-23(19-27(47)39-21(3)37-25(45)14-17-43-29(49)10-11-30(43)50)20-28(48)40-22(4)38-26(46)15-18-44-31(51)12-13-32(44)52/h10-13,21-24H,5-9,14-20H2,1-4H3,(H,36,54)(H,37,45)(H,38,46)(H,39,47)(H,40,48)(H,41,53)(H,42,55). The van der Waals surface area contributed by atoms with Gasteiger partial charge in [0.2, 0.25) is 29.5 Å². The lowest BCUT2D eigenvalue weighted by Gasteiger charge is -2.25. The third-order valence-corrected chi connectivity index (χ3v) is 7.99. The molecule has 314 valence electrons. The molecule has 0 saturated heterocycles. The molecular formula is C35H51N9O13. The number of hydrogen-bond donors (Lipinski definition) is 7. The van der Waals surface area contributed by atoms with Crippen LogP contribution in [0, 0.1) is 0 Å². The Labute approximate surface area is 328 Å². The number of alkyl carbamates (subject to hydrolysis) is 2. The van der Waals surface area contributed by atoms with Crippen molar-refractivity contribution in [2.75, 3.05) is 32.8 Å². The monoisotopic (exact) mass is 805 g/mol. The first kappa shape index (κ1) is 46.8. The van der Waals surface area contributed by atoms with E-state index in [1.54, 1.807) is 13.8 Å². The summed E-state index contributed by atoms with van der Waals surface area (Å²) in [4.78, 5) is 137. The summed E-state index contributed by atoms with van der Waals surface area (Å²) in [5.41, 5.74) is 0. The molecule has 0 radical (unpaired) electrons. The summed E-state index contributed by atoms with van der Waals surface area (Å²) in [7, 11) is 0. The predicted molar refractivity (Wildman–Crippen MR) is 196 cm³/mol. The van der Waals surface area contributed by atoms with Crippen LogP contribution in [0.15, 0.2) is 24.3 Å². The number of rotatable bonds is 24. The Morgan fingerprint density at radius 1 is 0.579 bits per heavy atom. The summed E-state index contributed by atoms with van der Waals surface area (Å²) in [6.07, 6.45) is 0.230. The van der Waals surface area contributed by atoms with E-state index in [-0.39, 0.29) is 52.1 Å². The highest BCUT2D eigenvalue weighted by Gasteiger charge is 2.29. The van der Waals surface area contributed by atoms with Gasteiger partial charge >= 0.3 is 12.2 Å². The Kier molecular flexibility index (Phi) is 19.9. The molecule has 0 aromatic heterocycles. The number of nitrogens with one attached hydrogen (secondary N) is 7. The summed E-state index contributed by atoms with van der Waals surface area (Å²) >= 11 is 0. The lowest BCUT2D eigenvalue weighted by Crippen LogP contribution is -2.53. The van der Waals surface area contributed by atoms with Crippen LogP contribution in [0.4, 0.5) is 9.59 Å². The zero-order valence-corrected chi connectivity index (χ0v) is 32.3. The highest BCUT2D eigenvalue weighted by molar-refractivity contribution is 6.13. The molecule has 3 atom stereocenters. The Morgan fingerprint density at radius 3 is 1.44 bits per heavy atom. The van der Waals surface area contributed by atoms with E-state index in [0.717, 1.165) is 34.1 Å². The summed E-state index contributed by atoms with van der Waals surface area (Å²) in [6.45, 7) is 6.14. The average molecular weight is 806 g/mol. The van der Waals surface area contributed by atoms with E-state index in [1.807, 2.05) is 0 Å². The van der Waals surface area contributed by atoms with Gasteiger partial charge in [-0.1, -0.05) is 0 Å². The number of hydrogen-bond acceptors (Lipinski definition) is 13. The van der Waals surface area contributed by atoms with E-state index in [2.05, 4.69) is 37.2 Å². The van der Waals surface area contributed by atoms with Crippen molar-refractivity contribution in [1.82, 2.24) is 47.0 Å². The van der Waals surface area contributed by atoms with Crippen molar-refractivity contribution in [3.63, 3.8) is 0 Å². The maximum Gasteiger partial charge on any atom is 0.407 e. The first-order chi connectivity index (χ1) is 27.0. The maximum absolute atomic E-state index is 13.5. The van der Waals surface area contributed by atoms with Gasteiger partial charge < -0.3 is 46.7 Å². The molecule has 3 unspecified atom stereocenters. The third kappa shape index (κ3) is 17.8. The molecule has 2 aliphatic rings. The largest absolute Gasteiger partial charge is 0.450 e. The minimum atomic E-state index is -1.19. The zero-order valence-electron chi connectivity index (χ0n) is 32.3. The molecule has 0 aliphatic carbocycles. The second kappa shape index (κ2) is 24.2. The van der Waals surface area contributed by atoms with E-state index in [0.29, 0.717) is 12.8 Å². The molecule has 0 fully saturated rings. The molecule has 0 bridgehead atoms. The van der Waals surface area contributed by atoms with Crippen LogP contribution in [0.2, 0.25) is 0 Å². The Hall–Kier alpha value is -6.35. The van der Waals surface area contributed by atoms with Gasteiger partial charge in [-0.05, 0) is 47.0 Å². The number of ether oxygens (including phenoxy) is 2. The fourth-order valence-corrected chi connectivity index (χ4v) is 5.38. The van der Waals surface area contributed by atoms with Gasteiger partial charge in [-0.15, -0.1) is 0 Å². The second-order valence-corrected chi connectivity index (χ2v) is 12.7. The third-order valence-electron chi connectivity index (χ3n) is 7.99. The summed E-state index contributed by atoms with van der Waals surface area (Å²) in [5, 5.41) is 17.7. The fourth-order valence-electron chi connectivity index (χ4n) is 5.38. The van der Waals surface area contributed by atoms with Crippen LogP contribution in [-0.2, 0) is 52.6 Å². The quantitative estimate of drug-likeness (QED) is 0.0318. The Bertz CT molecular complexity index is 1480. The van der Waals surface area contributed by atoms with Crippen LogP contribution in [0.5, 0.6) is 0 Å². The highest BCUT2D eigenvalue weighted by atomic mass is 16.6. The van der Waals surface area contributed by atoms with Crippen molar-refractivity contribution in [3.8, 4) is 0 Å². The molecule has 0 spiro atoms. The fraction of sp³-hybridized carbons (Fsp3) is 0.571. The summed E-state index contributed by atoms with van der Waals surface area (Å²) < 4.78 is 9.74. The topological polar surface area (TPSA) is 297 Å². The van der Waals surface area contributed by atoms with Crippen molar-refractivity contribution < 1.29 is 62.2 Å². The number of carbonyl (C=O) groups is 11. The number of unbranched alkanes of at least 4 members (excludes halogenated alkanes) is 1. The van der Waals surface area contributed by atoms with Gasteiger partial charge in [0.05, 0.1) is 25.5 Å². The number of carbonyl (C=O) groups excluding carboxylic acids is 11. The molecule has 22 nitrogen and oxygen atoms in total. The first-order valence-corrected chi connectivity index (χ1v) is 18.4. The molecular weight excluding hydrogens is 754 g/mol. The predicted octanol–water partition coefficient (Wildman–Crippen LogP) is -1.93. The number of amides is 11. The molecule has 57 heavy (non-hydrogen) atoms. The summed E-state index contributed by atoms with van der Waals surface area (Å²) in [6, 6.07) is -2.38. The van der Waals surface area contributed by atoms with Gasteiger partial charge in [0.25, 0.3) is 23.6 Å². The molecule has 22 heteroatoms. The number of imide groups is 2. The van der Waals surface area contributed by atoms with Gasteiger partial charge in [0, 0.05) is 75.7 Å².